The van der Waals surface area contributed by atoms with Gasteiger partial charge in [0.05, 0.1) is 12.7 Å². The summed E-state index contributed by atoms with van der Waals surface area (Å²) >= 11 is 0. The van der Waals surface area contributed by atoms with Gasteiger partial charge in [0.2, 0.25) is 0 Å². The molecule has 0 fully saturated rings. The molecule has 1 N–H and O–H groups in total. The predicted octanol–water partition coefficient (Wildman–Crippen LogP) is 2.87. The van der Waals surface area contributed by atoms with Crippen LogP contribution >= 0.6 is 0 Å². The first-order chi connectivity index (χ1) is 10.4. The zero-order valence-corrected chi connectivity index (χ0v) is 11.3. The van der Waals surface area contributed by atoms with Crippen molar-refractivity contribution in [3.05, 3.63) is 66.6 Å². The fraction of sp³-hybridized carbons (Fsp3) is 0.0625. The zero-order valence-electron chi connectivity index (χ0n) is 11.3. The van der Waals surface area contributed by atoms with Crippen molar-refractivity contribution in [1.82, 2.24) is 25.0 Å². The molecular weight excluding hydrogens is 262 g/mol. The Morgan fingerprint density at radius 1 is 1.05 bits per heavy atom. The molecule has 21 heavy (non-hydrogen) atoms. The molecule has 4 aromatic rings. The first-order valence-corrected chi connectivity index (χ1v) is 6.77. The Morgan fingerprint density at radius 2 is 1.95 bits per heavy atom. The SMILES string of the molecule is c1ccc(Cn2cc(-c3ccnc4[nH]ccc34)nn2)cc1. The van der Waals surface area contributed by atoms with Gasteiger partial charge in [0.15, 0.2) is 0 Å². The van der Waals surface area contributed by atoms with Gasteiger partial charge in [-0.05, 0) is 17.7 Å². The first-order valence-electron chi connectivity index (χ1n) is 6.77. The van der Waals surface area contributed by atoms with Crippen molar-refractivity contribution < 1.29 is 0 Å². The molecule has 0 aliphatic heterocycles. The van der Waals surface area contributed by atoms with E-state index in [0.717, 1.165) is 28.8 Å². The lowest BCUT2D eigenvalue weighted by atomic mass is 10.1. The highest BCUT2D eigenvalue weighted by Crippen LogP contribution is 2.24. The molecule has 0 amide bonds. The van der Waals surface area contributed by atoms with Crippen LogP contribution in [-0.4, -0.2) is 25.0 Å². The average molecular weight is 275 g/mol. The summed E-state index contributed by atoms with van der Waals surface area (Å²) in [5, 5.41) is 9.56. The summed E-state index contributed by atoms with van der Waals surface area (Å²) in [5.74, 6) is 0. The molecule has 3 aromatic heterocycles. The Labute approximate surface area is 121 Å². The van der Waals surface area contributed by atoms with Crippen LogP contribution < -0.4 is 0 Å². The van der Waals surface area contributed by atoms with Gasteiger partial charge in [-0.15, -0.1) is 5.10 Å². The molecule has 3 heterocycles. The summed E-state index contributed by atoms with van der Waals surface area (Å²) in [6.45, 7) is 0.717. The second-order valence-electron chi connectivity index (χ2n) is 4.89. The van der Waals surface area contributed by atoms with Crippen LogP contribution in [0.4, 0.5) is 0 Å². The van der Waals surface area contributed by atoms with Crippen molar-refractivity contribution in [2.45, 2.75) is 6.54 Å². The van der Waals surface area contributed by atoms with E-state index in [2.05, 4.69) is 32.4 Å². The van der Waals surface area contributed by atoms with E-state index in [1.165, 1.54) is 5.56 Å². The second-order valence-corrected chi connectivity index (χ2v) is 4.89. The summed E-state index contributed by atoms with van der Waals surface area (Å²) in [5.41, 5.74) is 3.97. The highest BCUT2D eigenvalue weighted by Gasteiger charge is 2.09. The van der Waals surface area contributed by atoms with Crippen LogP contribution in [0.1, 0.15) is 5.56 Å². The first kappa shape index (κ1) is 11.8. The third-order valence-electron chi connectivity index (χ3n) is 3.46. The summed E-state index contributed by atoms with van der Waals surface area (Å²) in [6, 6.07) is 14.2. The van der Waals surface area contributed by atoms with Gasteiger partial charge in [-0.2, -0.15) is 0 Å². The molecule has 0 unspecified atom stereocenters. The molecule has 0 aliphatic rings. The number of nitrogens with one attached hydrogen (secondary N) is 1. The van der Waals surface area contributed by atoms with Crippen molar-refractivity contribution >= 4 is 11.0 Å². The Bertz CT molecular complexity index is 876. The van der Waals surface area contributed by atoms with Crippen molar-refractivity contribution in [3.8, 4) is 11.3 Å². The van der Waals surface area contributed by atoms with Gasteiger partial charge in [-0.25, -0.2) is 9.67 Å². The van der Waals surface area contributed by atoms with Crippen LogP contribution in [-0.2, 0) is 6.54 Å². The minimum Gasteiger partial charge on any atom is -0.346 e. The lowest BCUT2D eigenvalue weighted by Crippen LogP contribution is -1.99. The maximum atomic E-state index is 4.29. The maximum Gasteiger partial charge on any atom is 0.137 e. The molecule has 0 spiro atoms. The van der Waals surface area contributed by atoms with E-state index < -0.39 is 0 Å². The van der Waals surface area contributed by atoms with Gasteiger partial charge in [-0.3, -0.25) is 0 Å². The second kappa shape index (κ2) is 4.86. The Kier molecular flexibility index (Phi) is 2.74. The molecule has 1 aromatic carbocycles. The number of pyridine rings is 1. The Hall–Kier alpha value is -2.95. The minimum atomic E-state index is 0.717. The molecule has 4 rings (SSSR count). The van der Waals surface area contributed by atoms with Crippen molar-refractivity contribution in [1.29, 1.82) is 0 Å². The van der Waals surface area contributed by atoms with E-state index in [1.54, 1.807) is 6.20 Å². The minimum absolute atomic E-state index is 0.717. The van der Waals surface area contributed by atoms with E-state index in [4.69, 9.17) is 0 Å². The normalized spacial score (nSPS) is 11.0. The largest absolute Gasteiger partial charge is 0.346 e. The summed E-state index contributed by atoms with van der Waals surface area (Å²) in [4.78, 5) is 7.40. The molecule has 5 nitrogen and oxygen atoms in total. The molecule has 0 saturated carbocycles. The zero-order chi connectivity index (χ0) is 14.1. The third kappa shape index (κ3) is 2.18. The van der Waals surface area contributed by atoms with Crippen LogP contribution in [0, 0.1) is 0 Å². The number of H-pyrrole nitrogens is 1. The monoisotopic (exact) mass is 275 g/mol. The lowest BCUT2D eigenvalue weighted by Gasteiger charge is -2.00. The van der Waals surface area contributed by atoms with E-state index in [9.17, 15) is 0 Å². The van der Waals surface area contributed by atoms with E-state index in [1.807, 2.05) is 47.4 Å². The number of nitrogens with zero attached hydrogens (tertiary/aromatic N) is 4. The van der Waals surface area contributed by atoms with Gasteiger partial charge < -0.3 is 4.98 Å². The van der Waals surface area contributed by atoms with Gasteiger partial charge in [-0.1, -0.05) is 35.5 Å². The van der Waals surface area contributed by atoms with Crippen molar-refractivity contribution in [3.63, 3.8) is 0 Å². The van der Waals surface area contributed by atoms with E-state index in [0.29, 0.717) is 0 Å². The van der Waals surface area contributed by atoms with Crippen LogP contribution in [0.25, 0.3) is 22.3 Å². The highest BCUT2D eigenvalue weighted by atomic mass is 15.4. The van der Waals surface area contributed by atoms with Crippen LogP contribution in [0.2, 0.25) is 0 Å². The van der Waals surface area contributed by atoms with E-state index >= 15 is 0 Å². The van der Waals surface area contributed by atoms with Crippen molar-refractivity contribution in [2.24, 2.45) is 0 Å². The number of aromatic amines is 1. The Balaban J connectivity index is 1.70. The summed E-state index contributed by atoms with van der Waals surface area (Å²) < 4.78 is 1.85. The number of aromatic nitrogens is 5. The molecule has 0 saturated heterocycles. The smallest absolute Gasteiger partial charge is 0.137 e. The number of fused-ring (bicyclic) bond motifs is 1. The summed E-state index contributed by atoms with van der Waals surface area (Å²) in [6.07, 6.45) is 5.63. The highest BCUT2D eigenvalue weighted by molar-refractivity contribution is 5.91. The van der Waals surface area contributed by atoms with Crippen LogP contribution in [0.5, 0.6) is 0 Å². The lowest BCUT2D eigenvalue weighted by molar-refractivity contribution is 0.650. The number of benzene rings is 1. The van der Waals surface area contributed by atoms with E-state index in [-0.39, 0.29) is 0 Å². The fourth-order valence-electron chi connectivity index (χ4n) is 2.45. The third-order valence-corrected chi connectivity index (χ3v) is 3.46. The molecule has 0 aliphatic carbocycles. The fourth-order valence-corrected chi connectivity index (χ4v) is 2.45. The van der Waals surface area contributed by atoms with Gasteiger partial charge in [0, 0.05) is 23.3 Å². The molecular formula is C16H13N5. The molecule has 102 valence electrons. The van der Waals surface area contributed by atoms with Gasteiger partial charge in [0.25, 0.3) is 0 Å². The quantitative estimate of drug-likeness (QED) is 0.625. The van der Waals surface area contributed by atoms with Gasteiger partial charge >= 0.3 is 0 Å². The summed E-state index contributed by atoms with van der Waals surface area (Å²) in [7, 11) is 0. The number of rotatable bonds is 3. The molecule has 0 radical (unpaired) electrons. The molecule has 0 atom stereocenters. The topological polar surface area (TPSA) is 59.4 Å². The standard InChI is InChI=1S/C16H13N5/c1-2-4-12(5-3-1)10-21-11-15(19-20-21)13-6-8-17-16-14(13)7-9-18-16/h1-9,11H,10H2,(H,17,18). The average Bonchev–Trinajstić information content (AvgIpc) is 3.16. The molecule has 0 bridgehead atoms. The van der Waals surface area contributed by atoms with Crippen LogP contribution in [0.3, 0.4) is 0 Å². The van der Waals surface area contributed by atoms with Crippen LogP contribution in [0.15, 0.2) is 61.1 Å². The number of hydrogen-bond donors (Lipinski definition) is 1. The Morgan fingerprint density at radius 3 is 2.86 bits per heavy atom. The molecule has 5 heteroatoms. The number of hydrogen-bond acceptors (Lipinski definition) is 3. The maximum absolute atomic E-state index is 4.29. The van der Waals surface area contributed by atoms with Gasteiger partial charge in [0.1, 0.15) is 11.3 Å². The predicted molar refractivity (Wildman–Crippen MR) is 80.7 cm³/mol. The van der Waals surface area contributed by atoms with Crippen molar-refractivity contribution in [2.75, 3.05) is 0 Å².